The molecule has 0 bridgehead atoms. The number of para-hydroxylation sites is 1. The molecule has 1 heterocycles. The summed E-state index contributed by atoms with van der Waals surface area (Å²) in [6, 6.07) is 11.9. The number of nitrogens with one attached hydrogen (secondary N) is 2. The first-order valence-corrected chi connectivity index (χ1v) is 9.07. The molecule has 2 aromatic rings. The quantitative estimate of drug-likeness (QED) is 0.220. The first kappa shape index (κ1) is 23.3. The predicted molar refractivity (Wildman–Crippen MR) is 119 cm³/mol. The van der Waals surface area contributed by atoms with Gasteiger partial charge < -0.3 is 24.5 Å². The zero-order valence-electron chi connectivity index (χ0n) is 16.1. The lowest BCUT2D eigenvalue weighted by atomic mass is 10.1. The highest BCUT2D eigenvalue weighted by atomic mass is 127. The number of nitrogens with zero attached hydrogens (tertiary/aromatic N) is 1. The molecule has 150 valence electrons. The van der Waals surface area contributed by atoms with Crippen LogP contribution in [-0.2, 0) is 17.8 Å². The van der Waals surface area contributed by atoms with Gasteiger partial charge in [0.2, 0.25) is 0 Å². The largest absolute Gasteiger partial charge is 0.496 e. The van der Waals surface area contributed by atoms with Crippen LogP contribution in [0.2, 0.25) is 0 Å². The normalized spacial score (nSPS) is 11.0. The average molecular weight is 487 g/mol. The zero-order valence-corrected chi connectivity index (χ0v) is 18.4. The Morgan fingerprint density at radius 2 is 2.00 bits per heavy atom. The van der Waals surface area contributed by atoms with E-state index in [1.54, 1.807) is 13.4 Å². The molecule has 0 radical (unpaired) electrons. The van der Waals surface area contributed by atoms with Crippen LogP contribution in [-0.4, -0.2) is 39.3 Å². The van der Waals surface area contributed by atoms with E-state index in [0.29, 0.717) is 19.8 Å². The molecule has 6 nitrogen and oxygen atoms in total. The van der Waals surface area contributed by atoms with Crippen molar-refractivity contribution in [2.24, 2.45) is 4.99 Å². The molecule has 0 saturated carbocycles. The second-order valence-electron chi connectivity index (χ2n) is 5.73. The van der Waals surface area contributed by atoms with Crippen LogP contribution in [0, 0.1) is 0 Å². The fraction of sp³-hybridized carbons (Fsp3) is 0.450. The Hall–Kier alpha value is -1.74. The molecule has 2 rings (SSSR count). The number of methoxy groups -OCH3 is 1. The van der Waals surface area contributed by atoms with Gasteiger partial charge >= 0.3 is 0 Å². The van der Waals surface area contributed by atoms with Gasteiger partial charge in [-0.2, -0.15) is 0 Å². The number of rotatable bonds is 11. The summed E-state index contributed by atoms with van der Waals surface area (Å²) in [5.74, 6) is 2.60. The van der Waals surface area contributed by atoms with Crippen LogP contribution >= 0.6 is 24.0 Å². The Bertz CT molecular complexity index is 648. The highest BCUT2D eigenvalue weighted by Gasteiger charge is 2.02. The fourth-order valence-electron chi connectivity index (χ4n) is 2.49. The number of halogens is 1. The monoisotopic (exact) mass is 487 g/mol. The summed E-state index contributed by atoms with van der Waals surface area (Å²) in [7, 11) is 1.70. The molecule has 0 saturated heterocycles. The third-order valence-electron chi connectivity index (χ3n) is 3.76. The molecule has 7 heteroatoms. The summed E-state index contributed by atoms with van der Waals surface area (Å²) in [6.45, 7) is 5.56. The lowest BCUT2D eigenvalue weighted by molar-refractivity contribution is 0.105. The van der Waals surface area contributed by atoms with E-state index in [4.69, 9.17) is 13.9 Å². The van der Waals surface area contributed by atoms with Crippen molar-refractivity contribution in [3.8, 4) is 5.75 Å². The number of aliphatic imine (C=N–C) groups is 1. The summed E-state index contributed by atoms with van der Waals surface area (Å²) in [5, 5.41) is 6.62. The topological polar surface area (TPSA) is 68.0 Å². The van der Waals surface area contributed by atoms with Crippen LogP contribution in [0.1, 0.15) is 24.7 Å². The SMILES string of the molecule is CCNC(=NCCCOCc1ccco1)NCCc1ccccc1OC.I. The first-order valence-electron chi connectivity index (χ1n) is 9.07. The molecule has 1 aromatic carbocycles. The van der Waals surface area contributed by atoms with Gasteiger partial charge in [0.15, 0.2) is 5.96 Å². The minimum atomic E-state index is 0. The molecule has 0 aliphatic heterocycles. The zero-order chi connectivity index (χ0) is 18.5. The maximum absolute atomic E-state index is 5.57. The molecule has 0 amide bonds. The molecule has 0 atom stereocenters. The standard InChI is InChI=1S/C20H29N3O3.HI/c1-3-21-20(22-12-7-14-25-16-18-9-6-15-26-18)23-13-11-17-8-4-5-10-19(17)24-2;/h4-6,8-10,15H,3,7,11-14,16H2,1-2H3,(H2,21,22,23);1H. The summed E-state index contributed by atoms with van der Waals surface area (Å²) in [5.41, 5.74) is 1.18. The van der Waals surface area contributed by atoms with Gasteiger partial charge in [-0.25, -0.2) is 0 Å². The Labute approximate surface area is 178 Å². The molecular weight excluding hydrogens is 457 g/mol. The Morgan fingerprint density at radius 1 is 1.15 bits per heavy atom. The Morgan fingerprint density at radius 3 is 2.74 bits per heavy atom. The molecule has 0 unspecified atom stereocenters. The second-order valence-corrected chi connectivity index (χ2v) is 5.73. The summed E-state index contributed by atoms with van der Waals surface area (Å²) < 4.78 is 16.2. The molecule has 0 spiro atoms. The minimum absolute atomic E-state index is 0. The van der Waals surface area contributed by atoms with E-state index in [9.17, 15) is 0 Å². The Balaban J connectivity index is 0.00000364. The number of furan rings is 1. The van der Waals surface area contributed by atoms with Crippen molar-refractivity contribution < 1.29 is 13.9 Å². The highest BCUT2D eigenvalue weighted by Crippen LogP contribution is 2.17. The van der Waals surface area contributed by atoms with E-state index in [1.807, 2.05) is 30.3 Å². The van der Waals surface area contributed by atoms with Crippen molar-refractivity contribution in [2.75, 3.05) is 33.4 Å². The fourth-order valence-corrected chi connectivity index (χ4v) is 2.49. The van der Waals surface area contributed by atoms with Crippen molar-refractivity contribution in [3.63, 3.8) is 0 Å². The summed E-state index contributed by atoms with van der Waals surface area (Å²) in [4.78, 5) is 4.58. The van der Waals surface area contributed by atoms with Crippen LogP contribution in [0.3, 0.4) is 0 Å². The van der Waals surface area contributed by atoms with E-state index < -0.39 is 0 Å². The summed E-state index contributed by atoms with van der Waals surface area (Å²) in [6.07, 6.45) is 3.40. The van der Waals surface area contributed by atoms with Crippen LogP contribution in [0.4, 0.5) is 0 Å². The average Bonchev–Trinajstić information content (AvgIpc) is 3.18. The van der Waals surface area contributed by atoms with Crippen molar-refractivity contribution in [3.05, 3.63) is 54.0 Å². The lowest BCUT2D eigenvalue weighted by Gasteiger charge is -2.12. The predicted octanol–water partition coefficient (Wildman–Crippen LogP) is 3.61. The molecule has 1 aromatic heterocycles. The van der Waals surface area contributed by atoms with Gasteiger partial charge in [-0.15, -0.1) is 24.0 Å². The molecule has 0 fully saturated rings. The third-order valence-corrected chi connectivity index (χ3v) is 3.76. The number of guanidine groups is 1. The highest BCUT2D eigenvalue weighted by molar-refractivity contribution is 14.0. The van der Waals surface area contributed by atoms with Crippen molar-refractivity contribution in [1.82, 2.24) is 10.6 Å². The summed E-state index contributed by atoms with van der Waals surface area (Å²) >= 11 is 0. The number of benzene rings is 1. The second kappa shape index (κ2) is 14.3. The van der Waals surface area contributed by atoms with E-state index >= 15 is 0 Å². The van der Waals surface area contributed by atoms with Crippen LogP contribution in [0.15, 0.2) is 52.1 Å². The minimum Gasteiger partial charge on any atom is -0.496 e. The molecule has 2 N–H and O–H groups in total. The van der Waals surface area contributed by atoms with Crippen molar-refractivity contribution >= 4 is 29.9 Å². The Kier molecular flexibility index (Phi) is 12.4. The van der Waals surface area contributed by atoms with Gasteiger partial charge in [0.1, 0.15) is 18.1 Å². The van der Waals surface area contributed by atoms with Gasteiger partial charge in [-0.1, -0.05) is 18.2 Å². The van der Waals surface area contributed by atoms with Crippen molar-refractivity contribution in [2.45, 2.75) is 26.4 Å². The maximum Gasteiger partial charge on any atom is 0.191 e. The smallest absolute Gasteiger partial charge is 0.191 e. The van der Waals surface area contributed by atoms with E-state index in [2.05, 4.69) is 28.6 Å². The van der Waals surface area contributed by atoms with Gasteiger partial charge in [0.05, 0.1) is 13.4 Å². The van der Waals surface area contributed by atoms with Gasteiger partial charge in [0, 0.05) is 26.2 Å². The van der Waals surface area contributed by atoms with Crippen molar-refractivity contribution in [1.29, 1.82) is 0 Å². The lowest BCUT2D eigenvalue weighted by Crippen LogP contribution is -2.38. The van der Waals surface area contributed by atoms with Gasteiger partial charge in [-0.05, 0) is 43.5 Å². The number of ether oxygens (including phenoxy) is 2. The number of hydrogen-bond acceptors (Lipinski definition) is 4. The van der Waals surface area contributed by atoms with Crippen LogP contribution in [0.25, 0.3) is 0 Å². The third kappa shape index (κ3) is 9.14. The van der Waals surface area contributed by atoms with Crippen LogP contribution in [0.5, 0.6) is 5.75 Å². The molecule has 27 heavy (non-hydrogen) atoms. The molecule has 0 aliphatic carbocycles. The van der Waals surface area contributed by atoms with Crippen LogP contribution < -0.4 is 15.4 Å². The van der Waals surface area contributed by atoms with Gasteiger partial charge in [-0.3, -0.25) is 4.99 Å². The number of hydrogen-bond donors (Lipinski definition) is 2. The maximum atomic E-state index is 5.57. The molecule has 0 aliphatic rings. The van der Waals surface area contributed by atoms with E-state index in [1.165, 1.54) is 5.56 Å². The van der Waals surface area contributed by atoms with E-state index in [0.717, 1.165) is 43.4 Å². The van der Waals surface area contributed by atoms with Gasteiger partial charge in [0.25, 0.3) is 0 Å². The molecular formula is C20H30IN3O3. The van der Waals surface area contributed by atoms with E-state index in [-0.39, 0.29) is 24.0 Å². The first-order chi connectivity index (χ1) is 12.8.